The van der Waals surface area contributed by atoms with E-state index in [2.05, 4.69) is 36.1 Å². The highest BCUT2D eigenvalue weighted by atomic mass is 32.2. The van der Waals surface area contributed by atoms with E-state index in [-0.39, 0.29) is 5.56 Å². The molecule has 6 aromatic rings. The Morgan fingerprint density at radius 1 is 1.04 bits per heavy atom. The third kappa shape index (κ3) is 6.53. The van der Waals surface area contributed by atoms with Crippen LogP contribution in [0.3, 0.4) is 0 Å². The maximum absolute atomic E-state index is 13.9. The van der Waals surface area contributed by atoms with Crippen LogP contribution in [0.2, 0.25) is 25.7 Å². The van der Waals surface area contributed by atoms with E-state index in [9.17, 15) is 4.79 Å². The van der Waals surface area contributed by atoms with Crippen LogP contribution in [0.5, 0.6) is 0 Å². The van der Waals surface area contributed by atoms with Crippen molar-refractivity contribution in [3.63, 3.8) is 0 Å². The lowest BCUT2D eigenvalue weighted by Gasteiger charge is -2.20. The largest absolute Gasteiger partial charge is 0.399 e. The molecule has 10 nitrogen and oxygen atoms in total. The number of nitrogen functional groups attached to an aromatic ring is 1. The van der Waals surface area contributed by atoms with E-state index in [0.717, 1.165) is 38.1 Å². The Balaban J connectivity index is 1.41. The number of aromatic nitrogens is 6. The molecule has 12 heteroatoms. The second-order valence-corrected chi connectivity index (χ2v) is 19.1. The Morgan fingerprint density at radius 3 is 2.53 bits per heavy atom. The maximum Gasteiger partial charge on any atom is 0.282 e. The summed E-state index contributed by atoms with van der Waals surface area (Å²) in [5.74, 6) is 1.20. The van der Waals surface area contributed by atoms with Crippen molar-refractivity contribution in [3.05, 3.63) is 101 Å². The van der Waals surface area contributed by atoms with Gasteiger partial charge >= 0.3 is 0 Å². The lowest BCUT2D eigenvalue weighted by Crippen LogP contribution is -2.29. The number of hydrogen-bond donors (Lipinski definition) is 2. The number of rotatable bonds is 11. The summed E-state index contributed by atoms with van der Waals surface area (Å²) in [6.07, 6.45) is 5.45. The predicted molar refractivity (Wildman–Crippen MR) is 184 cm³/mol. The lowest BCUT2D eigenvalue weighted by molar-refractivity contribution is 0.0896. The van der Waals surface area contributed by atoms with Gasteiger partial charge in [-0.1, -0.05) is 49.6 Å². The van der Waals surface area contributed by atoms with Crippen molar-refractivity contribution in [3.8, 4) is 5.69 Å². The number of benzene rings is 2. The molecule has 4 aromatic heterocycles. The van der Waals surface area contributed by atoms with Gasteiger partial charge in [0.1, 0.15) is 30.0 Å². The van der Waals surface area contributed by atoms with Gasteiger partial charge in [0.25, 0.3) is 5.56 Å². The molecule has 0 aliphatic rings. The lowest BCUT2D eigenvalue weighted by atomic mass is 10.2. The summed E-state index contributed by atoms with van der Waals surface area (Å²) in [4.78, 5) is 25.3. The number of nitrogens with zero attached hydrogens (tertiary/aromatic N) is 6. The molecule has 0 bridgehead atoms. The monoisotopic (exact) mass is 638 g/mol. The number of nitrogens with one attached hydrogen (secondary N) is 1. The Labute approximate surface area is 267 Å². The molecule has 232 valence electrons. The zero-order valence-electron chi connectivity index (χ0n) is 26.2. The van der Waals surface area contributed by atoms with Crippen LogP contribution < -0.4 is 16.6 Å². The summed E-state index contributed by atoms with van der Waals surface area (Å²) >= 11 is 1.61. The molecule has 0 amide bonds. The van der Waals surface area contributed by atoms with Gasteiger partial charge < -0.3 is 20.4 Å². The van der Waals surface area contributed by atoms with Crippen molar-refractivity contribution in [1.82, 2.24) is 28.7 Å². The van der Waals surface area contributed by atoms with E-state index in [1.165, 1.54) is 0 Å². The molecule has 0 radical (unpaired) electrons. The number of ether oxygens (including phenoxy) is 1. The van der Waals surface area contributed by atoms with Crippen LogP contribution in [0.15, 0.2) is 94.0 Å². The minimum absolute atomic E-state index is 0.128. The number of para-hydroxylation sites is 1. The zero-order chi connectivity index (χ0) is 31.7. The van der Waals surface area contributed by atoms with E-state index >= 15 is 0 Å². The number of aryl methyl sites for hydroxylation is 1. The van der Waals surface area contributed by atoms with Crippen molar-refractivity contribution in [2.75, 3.05) is 17.7 Å². The molecule has 0 aliphatic heterocycles. The van der Waals surface area contributed by atoms with Gasteiger partial charge in [-0.25, -0.2) is 14.5 Å². The van der Waals surface area contributed by atoms with Crippen LogP contribution in [-0.4, -0.2) is 43.4 Å². The molecule has 6 rings (SSSR count). The first-order valence-corrected chi connectivity index (χ1v) is 19.5. The van der Waals surface area contributed by atoms with E-state index in [1.54, 1.807) is 27.2 Å². The van der Waals surface area contributed by atoms with Gasteiger partial charge in [-0.05, 0) is 67.9 Å². The smallest absolute Gasteiger partial charge is 0.282 e. The van der Waals surface area contributed by atoms with Gasteiger partial charge in [0.05, 0.1) is 17.1 Å². The number of fused-ring (bicyclic) bond motifs is 2. The highest BCUT2D eigenvalue weighted by molar-refractivity contribution is 7.99. The standard InChI is InChI=1S/C33H38N8O2SSi/c1-22-15-16-40-29(22)33(42)41(25-9-7-6-8-10-25)31(38-40)23(2)37-30-28-27(44-26-13-11-24(34)12-14-26)19-39(32(28)36-20-35-30)21-43-17-18-45(3,4)5/h6-16,19-20,23H,17-18,21,34H2,1-5H3,(H,35,36,37)/t23-/m0/s1. The number of hydrogen-bond acceptors (Lipinski definition) is 8. The fourth-order valence-corrected chi connectivity index (χ4v) is 6.94. The highest BCUT2D eigenvalue weighted by Gasteiger charge is 2.23. The molecule has 0 saturated heterocycles. The van der Waals surface area contributed by atoms with Crippen molar-refractivity contribution in [2.24, 2.45) is 0 Å². The van der Waals surface area contributed by atoms with E-state index in [0.29, 0.717) is 36.2 Å². The van der Waals surface area contributed by atoms with Gasteiger partial charge in [-0.15, -0.1) is 0 Å². The fourth-order valence-electron chi connectivity index (χ4n) is 5.19. The van der Waals surface area contributed by atoms with Crippen LogP contribution >= 0.6 is 11.8 Å². The van der Waals surface area contributed by atoms with Crippen molar-refractivity contribution in [2.45, 2.75) is 62.1 Å². The third-order valence-corrected chi connectivity index (χ3v) is 10.4. The second-order valence-electron chi connectivity index (χ2n) is 12.4. The molecule has 0 fully saturated rings. The maximum atomic E-state index is 13.9. The van der Waals surface area contributed by atoms with E-state index in [4.69, 9.17) is 20.6 Å². The Morgan fingerprint density at radius 2 is 1.80 bits per heavy atom. The van der Waals surface area contributed by atoms with Crippen molar-refractivity contribution in [1.29, 1.82) is 0 Å². The highest BCUT2D eigenvalue weighted by Crippen LogP contribution is 2.38. The van der Waals surface area contributed by atoms with Crippen LogP contribution in [-0.2, 0) is 11.5 Å². The molecule has 2 aromatic carbocycles. The summed E-state index contributed by atoms with van der Waals surface area (Å²) in [6, 6.07) is 20.0. The molecule has 1 atom stereocenters. The van der Waals surface area contributed by atoms with Crippen LogP contribution in [0.4, 0.5) is 11.5 Å². The summed E-state index contributed by atoms with van der Waals surface area (Å²) < 4.78 is 11.5. The minimum atomic E-state index is -1.22. The predicted octanol–water partition coefficient (Wildman–Crippen LogP) is 6.76. The molecule has 0 aliphatic carbocycles. The topological polar surface area (TPSA) is 117 Å². The van der Waals surface area contributed by atoms with Crippen LogP contribution in [0.1, 0.15) is 24.4 Å². The van der Waals surface area contributed by atoms with Gasteiger partial charge in [0.2, 0.25) is 0 Å². The molecule has 4 heterocycles. The molecule has 0 spiro atoms. The Hall–Kier alpha value is -4.39. The number of nitrogens with two attached hydrogens (primary N) is 1. The summed E-state index contributed by atoms with van der Waals surface area (Å²) in [7, 11) is -1.22. The SMILES string of the molecule is Cc1ccn2nc([C@H](C)Nc3ncnc4c3c(Sc3ccc(N)cc3)cn4COCC[Si](C)(C)C)n(-c3ccccc3)c(=O)c12. The van der Waals surface area contributed by atoms with Crippen LogP contribution in [0, 0.1) is 6.92 Å². The summed E-state index contributed by atoms with van der Waals surface area (Å²) in [6.45, 7) is 12.0. The van der Waals surface area contributed by atoms with Gasteiger partial charge in [-0.2, -0.15) is 5.10 Å². The summed E-state index contributed by atoms with van der Waals surface area (Å²) in [5.41, 5.74) is 9.47. The Kier molecular flexibility index (Phi) is 8.54. The van der Waals surface area contributed by atoms with Crippen molar-refractivity contribution < 1.29 is 4.74 Å². The normalized spacial score (nSPS) is 12.6. The van der Waals surface area contributed by atoms with E-state index < -0.39 is 14.1 Å². The van der Waals surface area contributed by atoms with Crippen molar-refractivity contribution >= 4 is 47.9 Å². The molecule has 0 saturated carbocycles. The molecule has 45 heavy (non-hydrogen) atoms. The molecular weight excluding hydrogens is 601 g/mol. The molecular formula is C33H38N8O2SSi. The molecule has 3 N–H and O–H groups in total. The first-order chi connectivity index (χ1) is 21.6. The summed E-state index contributed by atoms with van der Waals surface area (Å²) in [5, 5.41) is 9.36. The van der Waals surface area contributed by atoms with Gasteiger partial charge in [0, 0.05) is 42.6 Å². The number of anilines is 2. The first-order valence-electron chi connectivity index (χ1n) is 15.0. The average molecular weight is 639 g/mol. The quantitative estimate of drug-likeness (QED) is 0.0909. The fraction of sp³-hybridized carbons (Fsp3) is 0.273. The van der Waals surface area contributed by atoms with Crippen LogP contribution in [0.25, 0.3) is 22.2 Å². The third-order valence-electron chi connectivity index (χ3n) is 7.62. The molecule has 0 unspecified atom stereocenters. The zero-order valence-corrected chi connectivity index (χ0v) is 28.0. The second kappa shape index (κ2) is 12.5. The average Bonchev–Trinajstić information content (AvgIpc) is 3.56. The first kappa shape index (κ1) is 30.6. The van der Waals surface area contributed by atoms with Gasteiger partial charge in [-0.3, -0.25) is 9.36 Å². The Bertz CT molecular complexity index is 2010. The van der Waals surface area contributed by atoms with Gasteiger partial charge in [0.15, 0.2) is 5.82 Å². The van der Waals surface area contributed by atoms with E-state index in [1.807, 2.05) is 85.3 Å². The minimum Gasteiger partial charge on any atom is -0.399 e.